The molecule has 0 amide bonds. The molecule has 112 valence electrons. The third-order valence-electron chi connectivity index (χ3n) is 4.05. The number of anilines is 1. The van der Waals surface area contributed by atoms with Crippen LogP contribution in [-0.4, -0.2) is 17.1 Å². The van der Waals surface area contributed by atoms with Crippen LogP contribution in [0.5, 0.6) is 0 Å². The minimum absolute atomic E-state index is 0.0387. The van der Waals surface area contributed by atoms with Gasteiger partial charge in [0.05, 0.1) is 10.2 Å². The zero-order chi connectivity index (χ0) is 14.7. The predicted molar refractivity (Wildman–Crippen MR) is 84.6 cm³/mol. The first-order valence-corrected chi connectivity index (χ1v) is 8.19. The second kappa shape index (κ2) is 6.85. The standard InChI is InChI=1S/C15H24BrN3O/c1-9(2)12-11(16)14(17)19-15(18-12)13(20-3)10-7-5-4-6-8-10/h9-10,13H,4-8H2,1-3H3,(H2,17,18,19). The van der Waals surface area contributed by atoms with Gasteiger partial charge in [0.15, 0.2) is 5.82 Å². The fourth-order valence-corrected chi connectivity index (χ4v) is 3.59. The SMILES string of the molecule is COC(c1nc(N)c(Br)c(C(C)C)n1)C1CCCCC1. The van der Waals surface area contributed by atoms with Crippen molar-refractivity contribution in [2.75, 3.05) is 12.8 Å². The van der Waals surface area contributed by atoms with Crippen LogP contribution in [0.1, 0.15) is 69.5 Å². The van der Waals surface area contributed by atoms with E-state index in [4.69, 9.17) is 15.5 Å². The Balaban J connectivity index is 2.33. The third-order valence-corrected chi connectivity index (χ3v) is 4.87. The Kier molecular flexibility index (Phi) is 5.38. The van der Waals surface area contributed by atoms with Gasteiger partial charge < -0.3 is 10.5 Å². The summed E-state index contributed by atoms with van der Waals surface area (Å²) in [6.07, 6.45) is 6.21. The minimum Gasteiger partial charge on any atom is -0.383 e. The lowest BCUT2D eigenvalue weighted by atomic mass is 9.85. The molecule has 1 unspecified atom stereocenters. The van der Waals surface area contributed by atoms with Crippen molar-refractivity contribution >= 4 is 21.7 Å². The van der Waals surface area contributed by atoms with E-state index in [0.29, 0.717) is 17.7 Å². The number of halogens is 1. The van der Waals surface area contributed by atoms with Gasteiger partial charge in [-0.15, -0.1) is 0 Å². The Labute approximate surface area is 129 Å². The molecule has 2 N–H and O–H groups in total. The molecule has 20 heavy (non-hydrogen) atoms. The van der Waals surface area contributed by atoms with Crippen molar-refractivity contribution < 1.29 is 4.74 Å². The topological polar surface area (TPSA) is 61.0 Å². The number of methoxy groups -OCH3 is 1. The lowest BCUT2D eigenvalue weighted by Gasteiger charge is -2.28. The molecule has 0 bridgehead atoms. The van der Waals surface area contributed by atoms with Crippen LogP contribution in [0.25, 0.3) is 0 Å². The first-order chi connectivity index (χ1) is 9.54. The highest BCUT2D eigenvalue weighted by atomic mass is 79.9. The van der Waals surface area contributed by atoms with Gasteiger partial charge in [0.2, 0.25) is 0 Å². The quantitative estimate of drug-likeness (QED) is 0.890. The summed E-state index contributed by atoms with van der Waals surface area (Å²) in [5, 5.41) is 0. The number of ether oxygens (including phenoxy) is 1. The number of nitrogen functional groups attached to an aromatic ring is 1. The van der Waals surface area contributed by atoms with Crippen LogP contribution < -0.4 is 5.73 Å². The molecule has 4 nitrogen and oxygen atoms in total. The Morgan fingerprint density at radius 3 is 2.40 bits per heavy atom. The largest absolute Gasteiger partial charge is 0.383 e. The van der Waals surface area contributed by atoms with Crippen LogP contribution in [0.4, 0.5) is 5.82 Å². The van der Waals surface area contributed by atoms with Crippen LogP contribution in [0.15, 0.2) is 4.47 Å². The number of hydrogen-bond acceptors (Lipinski definition) is 4. The van der Waals surface area contributed by atoms with Gasteiger partial charge in [0, 0.05) is 7.11 Å². The van der Waals surface area contributed by atoms with E-state index in [0.717, 1.165) is 16.0 Å². The number of rotatable bonds is 4. The molecule has 2 rings (SSSR count). The van der Waals surface area contributed by atoms with Gasteiger partial charge >= 0.3 is 0 Å². The maximum absolute atomic E-state index is 6.03. The summed E-state index contributed by atoms with van der Waals surface area (Å²) in [6.45, 7) is 4.22. The van der Waals surface area contributed by atoms with E-state index in [9.17, 15) is 0 Å². The molecule has 1 aliphatic carbocycles. The predicted octanol–water partition coefficient (Wildman–Crippen LogP) is 4.21. The van der Waals surface area contributed by atoms with Gasteiger partial charge in [0.1, 0.15) is 11.9 Å². The van der Waals surface area contributed by atoms with E-state index in [1.54, 1.807) is 7.11 Å². The van der Waals surface area contributed by atoms with Crippen LogP contribution in [-0.2, 0) is 4.74 Å². The summed E-state index contributed by atoms with van der Waals surface area (Å²) < 4.78 is 6.52. The second-order valence-electron chi connectivity index (χ2n) is 5.88. The highest BCUT2D eigenvalue weighted by Crippen LogP contribution is 2.37. The van der Waals surface area contributed by atoms with Crippen molar-refractivity contribution in [2.24, 2.45) is 5.92 Å². The molecular formula is C15H24BrN3O. The molecule has 0 aliphatic heterocycles. The van der Waals surface area contributed by atoms with Crippen molar-refractivity contribution in [2.45, 2.75) is 58.0 Å². The lowest BCUT2D eigenvalue weighted by Crippen LogP contribution is -2.21. The fourth-order valence-electron chi connectivity index (χ4n) is 2.96. The Hall–Kier alpha value is -0.680. The number of nitrogens with zero attached hydrogens (tertiary/aromatic N) is 2. The number of hydrogen-bond donors (Lipinski definition) is 1. The first kappa shape index (κ1) is 15.7. The molecule has 0 aromatic carbocycles. The van der Waals surface area contributed by atoms with E-state index >= 15 is 0 Å². The molecule has 1 aromatic rings. The summed E-state index contributed by atoms with van der Waals surface area (Å²) in [6, 6.07) is 0. The number of nitrogens with two attached hydrogens (primary N) is 1. The van der Waals surface area contributed by atoms with E-state index < -0.39 is 0 Å². The molecule has 0 saturated heterocycles. The van der Waals surface area contributed by atoms with Crippen LogP contribution >= 0.6 is 15.9 Å². The van der Waals surface area contributed by atoms with Gasteiger partial charge in [-0.05, 0) is 40.6 Å². The van der Waals surface area contributed by atoms with Gasteiger partial charge in [-0.2, -0.15) is 0 Å². The monoisotopic (exact) mass is 341 g/mol. The molecule has 1 fully saturated rings. The van der Waals surface area contributed by atoms with Gasteiger partial charge in [-0.1, -0.05) is 33.1 Å². The highest BCUT2D eigenvalue weighted by Gasteiger charge is 2.28. The Morgan fingerprint density at radius 1 is 1.20 bits per heavy atom. The normalized spacial score (nSPS) is 18.4. The molecule has 1 heterocycles. The van der Waals surface area contributed by atoms with E-state index in [2.05, 4.69) is 34.8 Å². The van der Waals surface area contributed by atoms with Crippen molar-refractivity contribution in [3.05, 3.63) is 16.0 Å². The third kappa shape index (κ3) is 3.31. The first-order valence-electron chi connectivity index (χ1n) is 7.40. The summed E-state index contributed by atoms with van der Waals surface area (Å²) in [7, 11) is 1.75. The molecule has 1 aliphatic rings. The van der Waals surface area contributed by atoms with E-state index in [1.807, 2.05) is 0 Å². The molecule has 5 heteroatoms. The molecule has 0 spiro atoms. The maximum Gasteiger partial charge on any atom is 0.160 e. The van der Waals surface area contributed by atoms with E-state index in [1.165, 1.54) is 32.1 Å². The maximum atomic E-state index is 6.03. The summed E-state index contributed by atoms with van der Waals surface area (Å²) in [4.78, 5) is 9.17. The lowest BCUT2D eigenvalue weighted by molar-refractivity contribution is 0.0288. The molecule has 1 saturated carbocycles. The zero-order valence-corrected chi connectivity index (χ0v) is 14.1. The average Bonchev–Trinajstić information content (AvgIpc) is 2.44. The zero-order valence-electron chi connectivity index (χ0n) is 12.5. The van der Waals surface area contributed by atoms with Crippen LogP contribution in [0.3, 0.4) is 0 Å². The minimum atomic E-state index is -0.0387. The van der Waals surface area contributed by atoms with Crippen molar-refractivity contribution in [1.29, 1.82) is 0 Å². The second-order valence-corrected chi connectivity index (χ2v) is 6.67. The van der Waals surface area contributed by atoms with Gasteiger partial charge in [-0.25, -0.2) is 9.97 Å². The van der Waals surface area contributed by atoms with Crippen LogP contribution in [0.2, 0.25) is 0 Å². The molecule has 0 radical (unpaired) electrons. The van der Waals surface area contributed by atoms with Crippen LogP contribution in [0, 0.1) is 5.92 Å². The van der Waals surface area contributed by atoms with Crippen molar-refractivity contribution in [3.8, 4) is 0 Å². The molecule has 1 aromatic heterocycles. The average molecular weight is 342 g/mol. The molecular weight excluding hydrogens is 318 g/mol. The van der Waals surface area contributed by atoms with Crippen molar-refractivity contribution in [3.63, 3.8) is 0 Å². The smallest absolute Gasteiger partial charge is 0.160 e. The number of aromatic nitrogens is 2. The Morgan fingerprint density at radius 2 is 1.85 bits per heavy atom. The van der Waals surface area contributed by atoms with E-state index in [-0.39, 0.29) is 6.10 Å². The molecule has 1 atom stereocenters. The highest BCUT2D eigenvalue weighted by molar-refractivity contribution is 9.10. The van der Waals surface area contributed by atoms with Gasteiger partial charge in [0.25, 0.3) is 0 Å². The Bertz CT molecular complexity index is 459. The van der Waals surface area contributed by atoms with Gasteiger partial charge in [-0.3, -0.25) is 0 Å². The summed E-state index contributed by atoms with van der Waals surface area (Å²) >= 11 is 3.49. The summed E-state index contributed by atoms with van der Waals surface area (Å²) in [5.41, 5.74) is 6.99. The van der Waals surface area contributed by atoms with Crippen molar-refractivity contribution in [1.82, 2.24) is 9.97 Å². The summed E-state index contributed by atoms with van der Waals surface area (Å²) in [5.74, 6) is 2.06. The fraction of sp³-hybridized carbons (Fsp3) is 0.733.